The summed E-state index contributed by atoms with van der Waals surface area (Å²) in [6.07, 6.45) is 4.96. The molecule has 1 aromatic rings. The van der Waals surface area contributed by atoms with Gasteiger partial charge in [0.15, 0.2) is 0 Å². The van der Waals surface area contributed by atoms with E-state index in [1.165, 1.54) is 11.8 Å². The second-order valence-electron chi connectivity index (χ2n) is 7.29. The predicted molar refractivity (Wildman–Crippen MR) is 97.5 cm³/mol. The van der Waals surface area contributed by atoms with Gasteiger partial charge in [-0.3, -0.25) is 4.79 Å². The van der Waals surface area contributed by atoms with Crippen LogP contribution in [0.3, 0.4) is 0 Å². The summed E-state index contributed by atoms with van der Waals surface area (Å²) in [6, 6.07) is 7.94. The molecule has 3 N–H and O–H groups in total. The molecule has 1 heterocycles. The maximum atomic E-state index is 12.2. The normalized spacial score (nSPS) is 24.1. The third-order valence-corrected chi connectivity index (χ3v) is 6.24. The van der Waals surface area contributed by atoms with Gasteiger partial charge in [0.25, 0.3) is 0 Å². The van der Waals surface area contributed by atoms with E-state index in [4.69, 9.17) is 5.73 Å². The minimum atomic E-state index is -3.27. The number of likely N-dealkylation sites (tertiary alicyclic amines) is 1. The van der Waals surface area contributed by atoms with Crippen LogP contribution in [0.4, 0.5) is 0 Å². The van der Waals surface area contributed by atoms with Crippen molar-refractivity contribution in [2.45, 2.75) is 43.6 Å². The Balaban J connectivity index is 1.75. The molecule has 1 aliphatic heterocycles. The van der Waals surface area contributed by atoms with Crippen LogP contribution in [0.25, 0.3) is 0 Å². The summed E-state index contributed by atoms with van der Waals surface area (Å²) < 4.78 is 26.3. The molecule has 1 aliphatic carbocycles. The second-order valence-corrected chi connectivity index (χ2v) is 9.07. The molecular weight excluding hydrogens is 338 g/mol. The van der Waals surface area contributed by atoms with Crippen LogP contribution in [0.1, 0.15) is 49.3 Å². The van der Waals surface area contributed by atoms with E-state index in [1.54, 1.807) is 0 Å². The molecule has 0 saturated carbocycles. The molecule has 0 radical (unpaired) electrons. The zero-order valence-corrected chi connectivity index (χ0v) is 15.5. The molecule has 0 aromatic heterocycles. The fraction of sp³-hybridized carbons (Fsp3) is 0.611. The first-order chi connectivity index (χ1) is 11.8. The van der Waals surface area contributed by atoms with E-state index >= 15 is 0 Å². The molecule has 7 heteroatoms. The van der Waals surface area contributed by atoms with Crippen LogP contribution in [0, 0.1) is 0 Å². The Morgan fingerprint density at radius 3 is 2.72 bits per heavy atom. The molecule has 2 unspecified atom stereocenters. The molecule has 0 bridgehead atoms. The lowest BCUT2D eigenvalue weighted by Crippen LogP contribution is -2.45. The van der Waals surface area contributed by atoms with E-state index < -0.39 is 10.4 Å². The fourth-order valence-corrected chi connectivity index (χ4v) is 5.05. The van der Waals surface area contributed by atoms with Gasteiger partial charge in [0.2, 0.25) is 5.91 Å². The first kappa shape index (κ1) is 18.5. The van der Waals surface area contributed by atoms with Crippen LogP contribution in [0.15, 0.2) is 24.3 Å². The Kier molecular flexibility index (Phi) is 5.29. The van der Waals surface area contributed by atoms with Crippen molar-refractivity contribution in [1.29, 1.82) is 0 Å². The van der Waals surface area contributed by atoms with Crippen molar-refractivity contribution in [3.63, 3.8) is 0 Å². The zero-order valence-electron chi connectivity index (χ0n) is 14.7. The highest BCUT2D eigenvalue weighted by molar-refractivity contribution is 7.95. The molecule has 3 rings (SSSR count). The Hall–Kier alpha value is -1.28. The molecule has 1 spiro atoms. The van der Waals surface area contributed by atoms with Gasteiger partial charge in [-0.25, -0.2) is 0 Å². The summed E-state index contributed by atoms with van der Waals surface area (Å²) in [4.78, 5) is 14.2. The second kappa shape index (κ2) is 7.15. The van der Waals surface area contributed by atoms with Crippen LogP contribution in [0.2, 0.25) is 0 Å². The number of rotatable bonds is 5. The summed E-state index contributed by atoms with van der Waals surface area (Å²) >= 11 is 0. The van der Waals surface area contributed by atoms with E-state index in [2.05, 4.69) is 10.8 Å². The lowest BCUT2D eigenvalue weighted by atomic mass is 9.73. The molecule has 1 aromatic carbocycles. The van der Waals surface area contributed by atoms with Crippen molar-refractivity contribution >= 4 is 16.3 Å². The van der Waals surface area contributed by atoms with Crippen molar-refractivity contribution in [2.75, 3.05) is 25.9 Å². The van der Waals surface area contributed by atoms with Crippen LogP contribution < -0.4 is 10.5 Å². The van der Waals surface area contributed by atoms with Crippen molar-refractivity contribution in [2.24, 2.45) is 5.73 Å². The van der Waals surface area contributed by atoms with E-state index in [9.17, 15) is 13.6 Å². The number of nitrogens with two attached hydrogens (primary N) is 1. The number of carbonyl (C=O) groups is 1. The monoisotopic (exact) mass is 365 g/mol. The van der Waals surface area contributed by atoms with Crippen LogP contribution in [0.5, 0.6) is 0 Å². The summed E-state index contributed by atoms with van der Waals surface area (Å²) in [5.41, 5.74) is 7.78. The Bertz CT molecular complexity index is 680. The van der Waals surface area contributed by atoms with Gasteiger partial charge >= 0.3 is 0 Å². The molecule has 1 saturated heterocycles. The average molecular weight is 365 g/mol. The molecule has 25 heavy (non-hydrogen) atoms. The number of amides is 1. The highest BCUT2D eigenvalue weighted by Gasteiger charge is 2.47. The smallest absolute Gasteiger partial charge is 0.222 e. The highest BCUT2D eigenvalue weighted by Crippen LogP contribution is 2.51. The van der Waals surface area contributed by atoms with Gasteiger partial charge < -0.3 is 15.2 Å². The van der Waals surface area contributed by atoms with Crippen molar-refractivity contribution < 1.29 is 13.6 Å². The molecule has 2 aliphatic rings. The van der Waals surface area contributed by atoms with Gasteiger partial charge in [0, 0.05) is 24.9 Å². The van der Waals surface area contributed by atoms with Gasteiger partial charge in [-0.15, -0.1) is 4.72 Å². The third-order valence-electron chi connectivity index (χ3n) is 5.53. The van der Waals surface area contributed by atoms with Crippen LogP contribution >= 0.6 is 0 Å². The van der Waals surface area contributed by atoms with Crippen molar-refractivity contribution in [3.8, 4) is 0 Å². The summed E-state index contributed by atoms with van der Waals surface area (Å²) in [5.74, 6) is 0.178. The van der Waals surface area contributed by atoms with Crippen molar-refractivity contribution in [3.05, 3.63) is 35.4 Å². The number of hydrogen-bond donors (Lipinski definition) is 2. The lowest BCUT2D eigenvalue weighted by molar-refractivity contribution is -0.132. The zero-order chi connectivity index (χ0) is 18.1. The quantitative estimate of drug-likeness (QED) is 0.773. The first-order valence-corrected chi connectivity index (χ1v) is 10.8. The van der Waals surface area contributed by atoms with E-state index in [0.29, 0.717) is 13.0 Å². The molecule has 138 valence electrons. The van der Waals surface area contributed by atoms with E-state index in [1.807, 2.05) is 23.1 Å². The Morgan fingerprint density at radius 1 is 1.40 bits per heavy atom. The van der Waals surface area contributed by atoms with Gasteiger partial charge in [0.05, 0.1) is 6.04 Å². The topological polar surface area (TPSA) is 98.5 Å². The number of nitrogens with one attached hydrogen (secondary N) is 1. The highest BCUT2D eigenvalue weighted by atomic mass is 32.3. The minimum absolute atomic E-state index is 0.0381. The fourth-order valence-electron chi connectivity index (χ4n) is 4.33. The first-order valence-electron chi connectivity index (χ1n) is 8.89. The van der Waals surface area contributed by atoms with Gasteiger partial charge in [-0.05, 0) is 43.4 Å². The number of nitrogens with zero attached hydrogens (tertiary/aromatic N) is 1. The molecule has 1 amide bonds. The SMILES string of the molecule is C[S+](=O)([O-])NC1CC2(CCN(C(=O)CCCN)CC2)c2ccccc21. The summed E-state index contributed by atoms with van der Waals surface area (Å²) in [7, 11) is -3.27. The Morgan fingerprint density at radius 2 is 2.08 bits per heavy atom. The number of fused-ring (bicyclic) bond motifs is 2. The summed E-state index contributed by atoms with van der Waals surface area (Å²) in [5, 5.41) is 0. The standard InChI is InChI=1S/C18H27N3O3S/c1-25(23,24)20-16-13-18(15-6-3-2-5-14(15)16)8-11-21(12-9-18)17(22)7-4-10-19/h2-3,5-6,16H,4,7-13,19H2,1H3,(H-,20,23,24). The van der Waals surface area contributed by atoms with Gasteiger partial charge in [-0.1, -0.05) is 28.5 Å². The van der Waals surface area contributed by atoms with Crippen molar-refractivity contribution in [1.82, 2.24) is 9.62 Å². The van der Waals surface area contributed by atoms with Crippen LogP contribution in [-0.4, -0.2) is 41.2 Å². The van der Waals surface area contributed by atoms with E-state index in [-0.39, 0.29) is 17.4 Å². The number of hydrogen-bond acceptors (Lipinski definition) is 4. The number of carbonyl (C=O) groups excluding carboxylic acids is 1. The largest absolute Gasteiger partial charge is 0.598 e. The van der Waals surface area contributed by atoms with Crippen LogP contribution in [-0.2, 0) is 24.8 Å². The Labute approximate surface area is 150 Å². The average Bonchev–Trinajstić information content (AvgIpc) is 2.85. The summed E-state index contributed by atoms with van der Waals surface area (Å²) in [6.45, 7) is 1.99. The number of benzene rings is 1. The maximum Gasteiger partial charge on any atom is 0.222 e. The van der Waals surface area contributed by atoms with Gasteiger partial charge in [0.1, 0.15) is 16.7 Å². The molecule has 6 nitrogen and oxygen atoms in total. The predicted octanol–water partition coefficient (Wildman–Crippen LogP) is 1.49. The van der Waals surface area contributed by atoms with Gasteiger partial charge in [-0.2, -0.15) is 0 Å². The molecule has 2 atom stereocenters. The maximum absolute atomic E-state index is 12.2. The molecule has 1 fully saturated rings. The van der Waals surface area contributed by atoms with E-state index in [0.717, 1.165) is 44.3 Å². The molecular formula is C18H27N3O3S. The minimum Gasteiger partial charge on any atom is -0.598 e. The lowest BCUT2D eigenvalue weighted by Gasteiger charge is -2.40. The number of sulfonamides is 1. The number of piperidine rings is 1. The third kappa shape index (κ3) is 3.95.